The highest BCUT2D eigenvalue weighted by Gasteiger charge is 2.30. The molecule has 1 amide bonds. The number of carbonyl (C=O) groups is 2. The average Bonchev–Trinajstić information content (AvgIpc) is 3.35. The minimum absolute atomic E-state index is 0.143. The predicted octanol–water partition coefficient (Wildman–Crippen LogP) is 5.21. The maximum Gasteiger partial charge on any atom is 0.310 e. The topological polar surface area (TPSA) is 62.7 Å². The number of aryl methyl sites for hydroxylation is 1. The van der Waals surface area contributed by atoms with E-state index in [1.165, 1.54) is 34.6 Å². The van der Waals surface area contributed by atoms with Gasteiger partial charge in [-0.15, -0.1) is 11.3 Å². The molecule has 190 valence electrons. The number of aromatic nitrogens is 1. The predicted molar refractivity (Wildman–Crippen MR) is 138 cm³/mol. The van der Waals surface area contributed by atoms with Gasteiger partial charge in [-0.05, 0) is 49.9 Å². The zero-order valence-electron chi connectivity index (χ0n) is 20.8. The Labute approximate surface area is 215 Å². The van der Waals surface area contributed by atoms with Crippen molar-refractivity contribution in [1.29, 1.82) is 0 Å². The minimum Gasteiger partial charge on any atom is -0.466 e. The molecule has 1 aromatic heterocycles. The lowest BCUT2D eigenvalue weighted by Crippen LogP contribution is -2.43. The fourth-order valence-electron chi connectivity index (χ4n) is 4.42. The number of hydrogen-bond acceptors (Lipinski definition) is 6. The summed E-state index contributed by atoms with van der Waals surface area (Å²) in [6.45, 7) is 7.08. The molecular weight excluding hydrogens is 477 g/mol. The molecule has 1 aliphatic heterocycles. The van der Waals surface area contributed by atoms with Crippen molar-refractivity contribution in [3.05, 3.63) is 87.1 Å². The maximum atomic E-state index is 13.4. The molecule has 6 nitrogen and oxygen atoms in total. The molecule has 0 N–H and O–H groups in total. The molecule has 36 heavy (non-hydrogen) atoms. The van der Waals surface area contributed by atoms with Crippen molar-refractivity contribution < 1.29 is 18.7 Å². The molecule has 1 aliphatic rings. The van der Waals surface area contributed by atoms with Crippen LogP contribution in [0.2, 0.25) is 0 Å². The third-order valence-electron chi connectivity index (χ3n) is 6.30. The molecule has 0 saturated carbocycles. The van der Waals surface area contributed by atoms with Crippen LogP contribution in [0.25, 0.3) is 0 Å². The van der Waals surface area contributed by atoms with Gasteiger partial charge in [0.05, 0.1) is 19.1 Å². The number of halogens is 1. The monoisotopic (exact) mass is 509 g/mol. The summed E-state index contributed by atoms with van der Waals surface area (Å²) in [7, 11) is 0. The number of carbonyl (C=O) groups excluding carboxylic acids is 2. The van der Waals surface area contributed by atoms with Crippen LogP contribution in [-0.2, 0) is 29.2 Å². The number of thiazole rings is 1. The average molecular weight is 510 g/mol. The Morgan fingerprint density at radius 3 is 2.42 bits per heavy atom. The molecule has 2 aromatic carbocycles. The summed E-state index contributed by atoms with van der Waals surface area (Å²) in [6, 6.07) is 14.9. The van der Waals surface area contributed by atoms with E-state index in [-0.39, 0.29) is 23.6 Å². The van der Waals surface area contributed by atoms with Crippen LogP contribution >= 0.6 is 11.3 Å². The molecule has 4 rings (SSSR count). The second-order valence-corrected chi connectivity index (χ2v) is 10.2. The van der Waals surface area contributed by atoms with Gasteiger partial charge >= 0.3 is 5.97 Å². The van der Waals surface area contributed by atoms with Crippen LogP contribution in [0.5, 0.6) is 0 Å². The van der Waals surface area contributed by atoms with Crippen molar-refractivity contribution in [3.8, 4) is 0 Å². The first-order valence-corrected chi connectivity index (χ1v) is 13.2. The Balaban J connectivity index is 1.45. The van der Waals surface area contributed by atoms with Crippen molar-refractivity contribution in [3.63, 3.8) is 0 Å². The number of piperidine rings is 1. The maximum absolute atomic E-state index is 13.4. The lowest BCUT2D eigenvalue weighted by molar-refractivity contribution is -0.149. The van der Waals surface area contributed by atoms with E-state index in [1.54, 1.807) is 29.3 Å². The number of amides is 1. The van der Waals surface area contributed by atoms with Crippen molar-refractivity contribution in [2.24, 2.45) is 5.92 Å². The van der Waals surface area contributed by atoms with E-state index in [1.807, 2.05) is 0 Å². The number of esters is 1. The van der Waals surface area contributed by atoms with Gasteiger partial charge in [-0.3, -0.25) is 14.5 Å². The molecular formula is C28H32FN3O3S. The number of hydrogen-bond donors (Lipinski definition) is 0. The van der Waals surface area contributed by atoms with E-state index in [0.717, 1.165) is 23.4 Å². The lowest BCUT2D eigenvalue weighted by Gasteiger charge is -2.31. The van der Waals surface area contributed by atoms with Gasteiger partial charge in [0.15, 0.2) is 0 Å². The van der Waals surface area contributed by atoms with Crippen molar-refractivity contribution in [1.82, 2.24) is 14.8 Å². The highest BCUT2D eigenvalue weighted by Crippen LogP contribution is 2.22. The lowest BCUT2D eigenvalue weighted by atomic mass is 9.98. The van der Waals surface area contributed by atoms with Gasteiger partial charge in [0.1, 0.15) is 16.5 Å². The standard InChI is InChI=1S/C28H32FN3O3S/c1-3-35-28(34)23-5-4-14-32(17-23)27(33)25-19-36-26(30-25)18-31(15-21-8-6-20(2)7-9-21)16-22-10-12-24(29)13-11-22/h6-13,19,23H,3-5,14-18H2,1-2H3. The van der Waals surface area contributed by atoms with Gasteiger partial charge in [0.2, 0.25) is 0 Å². The van der Waals surface area contributed by atoms with E-state index >= 15 is 0 Å². The first kappa shape index (κ1) is 26.0. The van der Waals surface area contributed by atoms with Crippen LogP contribution < -0.4 is 0 Å². The molecule has 0 aliphatic carbocycles. The fourth-order valence-corrected chi connectivity index (χ4v) is 5.23. The summed E-state index contributed by atoms with van der Waals surface area (Å²) >= 11 is 1.46. The quantitative estimate of drug-likeness (QED) is 0.371. The van der Waals surface area contributed by atoms with Gasteiger partial charge < -0.3 is 9.64 Å². The molecule has 1 atom stereocenters. The Morgan fingerprint density at radius 1 is 1.08 bits per heavy atom. The number of likely N-dealkylation sites (tertiary alicyclic amines) is 1. The van der Waals surface area contributed by atoms with Crippen molar-refractivity contribution in [2.75, 3.05) is 19.7 Å². The largest absolute Gasteiger partial charge is 0.466 e. The minimum atomic E-state index is -0.276. The molecule has 0 bridgehead atoms. The van der Waals surface area contributed by atoms with Crippen LogP contribution in [0.15, 0.2) is 53.9 Å². The molecule has 0 radical (unpaired) electrons. The highest BCUT2D eigenvalue weighted by atomic mass is 32.1. The third-order valence-corrected chi connectivity index (χ3v) is 7.14. The van der Waals surface area contributed by atoms with Gasteiger partial charge in [-0.1, -0.05) is 42.0 Å². The summed E-state index contributed by atoms with van der Waals surface area (Å²) in [4.78, 5) is 33.9. The summed E-state index contributed by atoms with van der Waals surface area (Å²) < 4.78 is 18.6. The molecule has 1 unspecified atom stereocenters. The number of benzene rings is 2. The van der Waals surface area contributed by atoms with Crippen molar-refractivity contribution >= 4 is 23.2 Å². The molecule has 8 heteroatoms. The van der Waals surface area contributed by atoms with Crippen LogP contribution in [-0.4, -0.2) is 46.4 Å². The fraction of sp³-hybridized carbons (Fsp3) is 0.393. The zero-order valence-corrected chi connectivity index (χ0v) is 21.6. The Bertz CT molecular complexity index is 1120. The van der Waals surface area contributed by atoms with E-state index in [0.29, 0.717) is 45.0 Å². The van der Waals surface area contributed by atoms with Gasteiger partial charge in [0.25, 0.3) is 5.91 Å². The Morgan fingerprint density at radius 2 is 1.75 bits per heavy atom. The van der Waals surface area contributed by atoms with E-state index in [4.69, 9.17) is 4.74 Å². The zero-order chi connectivity index (χ0) is 25.5. The first-order valence-electron chi connectivity index (χ1n) is 12.3. The van der Waals surface area contributed by atoms with Crippen LogP contribution in [0.1, 0.15) is 52.0 Å². The number of nitrogens with zero attached hydrogens (tertiary/aromatic N) is 3. The second-order valence-electron chi connectivity index (χ2n) is 9.23. The second kappa shape index (κ2) is 12.2. The van der Waals surface area contributed by atoms with Crippen LogP contribution in [0, 0.1) is 18.7 Å². The van der Waals surface area contributed by atoms with E-state index in [2.05, 4.69) is 41.1 Å². The third kappa shape index (κ3) is 6.98. The first-order chi connectivity index (χ1) is 17.4. The molecule has 0 spiro atoms. The SMILES string of the molecule is CCOC(=O)C1CCCN(C(=O)c2csc(CN(Cc3ccc(C)cc3)Cc3ccc(F)cc3)n2)C1. The van der Waals surface area contributed by atoms with Gasteiger partial charge in [-0.25, -0.2) is 9.37 Å². The van der Waals surface area contributed by atoms with Crippen LogP contribution in [0.3, 0.4) is 0 Å². The molecule has 3 aromatic rings. The number of ether oxygens (including phenoxy) is 1. The van der Waals surface area contributed by atoms with Crippen LogP contribution in [0.4, 0.5) is 4.39 Å². The smallest absolute Gasteiger partial charge is 0.310 e. The Hall–Kier alpha value is -3.10. The number of rotatable bonds is 9. The molecule has 1 fully saturated rings. The summed E-state index contributed by atoms with van der Waals surface area (Å²) in [5.74, 6) is -0.909. The summed E-state index contributed by atoms with van der Waals surface area (Å²) in [5, 5.41) is 2.64. The Kier molecular flexibility index (Phi) is 8.83. The van der Waals surface area contributed by atoms with Gasteiger partial charge in [-0.2, -0.15) is 0 Å². The molecule has 2 heterocycles. The highest BCUT2D eigenvalue weighted by molar-refractivity contribution is 7.09. The van der Waals surface area contributed by atoms with E-state index in [9.17, 15) is 14.0 Å². The van der Waals surface area contributed by atoms with Gasteiger partial charge in [0, 0.05) is 31.6 Å². The molecule has 1 saturated heterocycles. The summed E-state index contributed by atoms with van der Waals surface area (Å²) in [6.07, 6.45) is 1.51. The van der Waals surface area contributed by atoms with Crippen molar-refractivity contribution in [2.45, 2.75) is 46.3 Å². The van der Waals surface area contributed by atoms with E-state index < -0.39 is 0 Å². The summed E-state index contributed by atoms with van der Waals surface area (Å²) in [5.41, 5.74) is 3.80. The normalized spacial score (nSPS) is 15.8.